The van der Waals surface area contributed by atoms with Crippen molar-refractivity contribution in [1.82, 2.24) is 9.78 Å². The Morgan fingerprint density at radius 3 is 2.59 bits per heavy atom. The van der Waals surface area contributed by atoms with Gasteiger partial charge >= 0.3 is 0 Å². The minimum absolute atomic E-state index is 0.0514. The molecule has 27 heavy (non-hydrogen) atoms. The lowest BCUT2D eigenvalue weighted by atomic mass is 9.86. The molecule has 1 amide bonds. The molecule has 0 unspecified atom stereocenters. The molecule has 4 aromatic rings. The standard InChI is InChI=1S/C22H16FN3O/c23-17-7-9-18(10-8-17)26-22-20(13-24-26)19(12-21(27)25-22)16-6-5-14-3-1-2-4-15(14)11-16/h1-11,13,19H,12H2,(H,25,27)/t19-/m0/s1. The Labute approximate surface area is 155 Å². The summed E-state index contributed by atoms with van der Waals surface area (Å²) in [5.74, 6) is 0.228. The third kappa shape index (κ3) is 2.68. The second-order valence-corrected chi connectivity index (χ2v) is 6.75. The van der Waals surface area contributed by atoms with Gasteiger partial charge < -0.3 is 5.32 Å². The molecular weight excluding hydrogens is 341 g/mol. The Morgan fingerprint density at radius 1 is 1.00 bits per heavy atom. The lowest BCUT2D eigenvalue weighted by Gasteiger charge is -2.24. The van der Waals surface area contributed by atoms with Gasteiger partial charge in [-0.15, -0.1) is 0 Å². The number of fused-ring (bicyclic) bond motifs is 2. The second kappa shape index (κ2) is 6.06. The molecule has 0 aliphatic carbocycles. The maximum atomic E-state index is 13.2. The van der Waals surface area contributed by atoms with Crippen LogP contribution in [0, 0.1) is 5.82 Å². The number of amides is 1. The summed E-state index contributed by atoms with van der Waals surface area (Å²) in [6.07, 6.45) is 2.17. The molecule has 3 aromatic carbocycles. The third-order valence-electron chi connectivity index (χ3n) is 5.07. The number of hydrogen-bond acceptors (Lipinski definition) is 2. The van der Waals surface area contributed by atoms with Crippen molar-refractivity contribution in [2.24, 2.45) is 0 Å². The first-order valence-corrected chi connectivity index (χ1v) is 8.81. The van der Waals surface area contributed by atoms with Crippen molar-refractivity contribution in [3.63, 3.8) is 0 Å². The number of carbonyl (C=O) groups excluding carboxylic acids is 1. The number of benzene rings is 3. The van der Waals surface area contributed by atoms with Crippen LogP contribution in [0.3, 0.4) is 0 Å². The van der Waals surface area contributed by atoms with E-state index in [0.29, 0.717) is 17.9 Å². The van der Waals surface area contributed by atoms with Crippen molar-refractivity contribution in [1.29, 1.82) is 0 Å². The van der Waals surface area contributed by atoms with E-state index in [1.165, 1.54) is 17.5 Å². The number of rotatable bonds is 2. The first-order chi connectivity index (χ1) is 13.2. The SMILES string of the molecule is O=C1C[C@@H](c2ccc3ccccc3c2)c2cnn(-c3ccc(F)cc3)c2N1. The highest BCUT2D eigenvalue weighted by Gasteiger charge is 2.30. The molecule has 0 spiro atoms. The largest absolute Gasteiger partial charge is 0.310 e. The van der Waals surface area contributed by atoms with Crippen LogP contribution < -0.4 is 5.32 Å². The Kier molecular flexibility index (Phi) is 3.53. The van der Waals surface area contributed by atoms with Crippen molar-refractivity contribution in [2.45, 2.75) is 12.3 Å². The van der Waals surface area contributed by atoms with Crippen LogP contribution in [0.15, 0.2) is 72.9 Å². The maximum absolute atomic E-state index is 13.2. The fourth-order valence-corrected chi connectivity index (χ4v) is 3.72. The van der Waals surface area contributed by atoms with Crippen LogP contribution in [0.5, 0.6) is 0 Å². The molecule has 0 bridgehead atoms. The Morgan fingerprint density at radius 2 is 1.78 bits per heavy atom. The zero-order valence-corrected chi connectivity index (χ0v) is 14.4. The molecule has 4 nitrogen and oxygen atoms in total. The molecule has 1 aromatic heterocycles. The Balaban J connectivity index is 1.62. The summed E-state index contributed by atoms with van der Waals surface area (Å²) in [7, 11) is 0. The van der Waals surface area contributed by atoms with Crippen LogP contribution in [0.25, 0.3) is 16.5 Å². The van der Waals surface area contributed by atoms with E-state index in [9.17, 15) is 9.18 Å². The van der Waals surface area contributed by atoms with Crippen molar-refractivity contribution in [3.8, 4) is 5.69 Å². The van der Waals surface area contributed by atoms with Crippen LogP contribution in [0.2, 0.25) is 0 Å². The molecule has 1 atom stereocenters. The van der Waals surface area contributed by atoms with E-state index in [4.69, 9.17) is 0 Å². The zero-order chi connectivity index (χ0) is 18.4. The summed E-state index contributed by atoms with van der Waals surface area (Å²) in [6.45, 7) is 0. The van der Waals surface area contributed by atoms with Crippen LogP contribution in [-0.2, 0) is 4.79 Å². The van der Waals surface area contributed by atoms with Crippen molar-refractivity contribution in [3.05, 3.63) is 89.9 Å². The van der Waals surface area contributed by atoms with E-state index in [2.05, 4.69) is 40.7 Å². The summed E-state index contributed by atoms with van der Waals surface area (Å²) in [5, 5.41) is 9.69. The van der Waals surface area contributed by atoms with Gasteiger partial charge in [-0.2, -0.15) is 5.10 Å². The zero-order valence-electron chi connectivity index (χ0n) is 14.4. The van der Waals surface area contributed by atoms with E-state index in [1.54, 1.807) is 23.0 Å². The number of hydrogen-bond donors (Lipinski definition) is 1. The van der Waals surface area contributed by atoms with Gasteiger partial charge in [0.05, 0.1) is 11.9 Å². The van der Waals surface area contributed by atoms with Crippen molar-refractivity contribution in [2.75, 3.05) is 5.32 Å². The Bertz CT molecular complexity index is 1160. The minimum Gasteiger partial charge on any atom is -0.310 e. The van der Waals surface area contributed by atoms with Crippen LogP contribution in [0.1, 0.15) is 23.5 Å². The van der Waals surface area contributed by atoms with Crippen molar-refractivity contribution >= 4 is 22.5 Å². The van der Waals surface area contributed by atoms with Gasteiger partial charge in [0, 0.05) is 17.9 Å². The summed E-state index contributed by atoms with van der Waals surface area (Å²) in [5.41, 5.74) is 2.76. The van der Waals surface area contributed by atoms with E-state index < -0.39 is 0 Å². The average molecular weight is 357 g/mol. The van der Waals surface area contributed by atoms with Gasteiger partial charge in [0.15, 0.2) is 0 Å². The highest BCUT2D eigenvalue weighted by molar-refractivity contribution is 5.95. The predicted octanol–water partition coefficient (Wildman–Crippen LogP) is 4.64. The van der Waals surface area contributed by atoms with Gasteiger partial charge in [0.1, 0.15) is 11.6 Å². The number of carbonyl (C=O) groups is 1. The minimum atomic E-state index is -0.308. The molecule has 1 aliphatic heterocycles. The highest BCUT2D eigenvalue weighted by Crippen LogP contribution is 2.38. The average Bonchev–Trinajstić information content (AvgIpc) is 3.11. The topological polar surface area (TPSA) is 46.9 Å². The van der Waals surface area contributed by atoms with Gasteiger partial charge in [-0.25, -0.2) is 9.07 Å². The molecule has 5 rings (SSSR count). The molecule has 1 N–H and O–H groups in total. The number of nitrogens with zero attached hydrogens (tertiary/aromatic N) is 2. The third-order valence-corrected chi connectivity index (χ3v) is 5.07. The molecule has 2 heterocycles. The molecule has 0 radical (unpaired) electrons. The maximum Gasteiger partial charge on any atom is 0.226 e. The fourth-order valence-electron chi connectivity index (χ4n) is 3.72. The lowest BCUT2D eigenvalue weighted by Crippen LogP contribution is -2.24. The number of halogens is 1. The number of aromatic nitrogens is 2. The first kappa shape index (κ1) is 15.8. The monoisotopic (exact) mass is 357 g/mol. The van der Waals surface area contributed by atoms with Gasteiger partial charge in [-0.1, -0.05) is 42.5 Å². The van der Waals surface area contributed by atoms with Gasteiger partial charge in [-0.05, 0) is 40.6 Å². The van der Waals surface area contributed by atoms with E-state index in [-0.39, 0.29) is 17.6 Å². The molecule has 5 heteroatoms. The van der Waals surface area contributed by atoms with Gasteiger partial charge in [0.25, 0.3) is 0 Å². The molecule has 0 fully saturated rings. The normalized spacial score (nSPS) is 16.2. The quantitative estimate of drug-likeness (QED) is 0.568. The summed E-state index contributed by atoms with van der Waals surface area (Å²) in [4.78, 5) is 12.4. The van der Waals surface area contributed by atoms with Gasteiger partial charge in [-0.3, -0.25) is 4.79 Å². The Hall–Kier alpha value is -3.47. The molecule has 1 aliphatic rings. The summed E-state index contributed by atoms with van der Waals surface area (Å²) < 4.78 is 14.9. The lowest BCUT2D eigenvalue weighted by molar-refractivity contribution is -0.116. The van der Waals surface area contributed by atoms with E-state index >= 15 is 0 Å². The molecular formula is C22H16FN3O. The summed E-state index contributed by atoms with van der Waals surface area (Å²) in [6, 6.07) is 20.5. The molecule has 132 valence electrons. The summed E-state index contributed by atoms with van der Waals surface area (Å²) >= 11 is 0. The second-order valence-electron chi connectivity index (χ2n) is 6.75. The molecule has 0 saturated heterocycles. The van der Waals surface area contributed by atoms with Crippen LogP contribution in [-0.4, -0.2) is 15.7 Å². The fraction of sp³-hybridized carbons (Fsp3) is 0.0909. The number of nitrogens with one attached hydrogen (secondary N) is 1. The van der Waals surface area contributed by atoms with Crippen LogP contribution in [0.4, 0.5) is 10.2 Å². The molecule has 0 saturated carbocycles. The van der Waals surface area contributed by atoms with E-state index in [1.807, 2.05) is 12.1 Å². The van der Waals surface area contributed by atoms with Gasteiger partial charge in [0.2, 0.25) is 5.91 Å². The smallest absolute Gasteiger partial charge is 0.226 e. The van der Waals surface area contributed by atoms with Crippen molar-refractivity contribution < 1.29 is 9.18 Å². The predicted molar refractivity (Wildman–Crippen MR) is 103 cm³/mol. The number of anilines is 1. The van der Waals surface area contributed by atoms with E-state index in [0.717, 1.165) is 16.5 Å². The first-order valence-electron chi connectivity index (χ1n) is 8.81. The van der Waals surface area contributed by atoms with Crippen LogP contribution >= 0.6 is 0 Å². The highest BCUT2D eigenvalue weighted by atomic mass is 19.1.